The third kappa shape index (κ3) is 2.79. The van der Waals surface area contributed by atoms with Crippen molar-refractivity contribution < 1.29 is 0 Å². The number of hydrogen-bond acceptors (Lipinski definition) is 0. The minimum atomic E-state index is 0.193. The van der Waals surface area contributed by atoms with Crippen LogP contribution in [0.15, 0.2) is 70.5 Å². The van der Waals surface area contributed by atoms with Crippen molar-refractivity contribution in [2.24, 2.45) is 0 Å². The van der Waals surface area contributed by atoms with Crippen LogP contribution in [0, 0.1) is 20.8 Å². The number of fused-ring (bicyclic) bond motifs is 2. The highest BCUT2D eigenvalue weighted by molar-refractivity contribution is 7.97. The maximum absolute atomic E-state index is 2.37. The van der Waals surface area contributed by atoms with E-state index in [1.54, 1.807) is 9.79 Å². The molecular formula is C25H27S+. The second-order valence-corrected chi connectivity index (χ2v) is 9.49. The Morgan fingerprint density at radius 2 is 1.27 bits per heavy atom. The first kappa shape index (κ1) is 17.4. The Labute approximate surface area is 160 Å². The van der Waals surface area contributed by atoms with Gasteiger partial charge < -0.3 is 0 Å². The maximum atomic E-state index is 2.37. The lowest BCUT2D eigenvalue weighted by Gasteiger charge is -2.30. The van der Waals surface area contributed by atoms with Crippen LogP contribution in [0.4, 0.5) is 0 Å². The first-order valence-corrected chi connectivity index (χ1v) is 11.0. The lowest BCUT2D eigenvalue weighted by molar-refractivity contribution is 0.872. The van der Waals surface area contributed by atoms with Gasteiger partial charge in [0.2, 0.25) is 0 Å². The van der Waals surface area contributed by atoms with Gasteiger partial charge in [0.25, 0.3) is 0 Å². The predicted molar refractivity (Wildman–Crippen MR) is 114 cm³/mol. The summed E-state index contributed by atoms with van der Waals surface area (Å²) in [7, 11) is 0.193. The van der Waals surface area contributed by atoms with Crippen LogP contribution in [0.1, 0.15) is 52.6 Å². The molecule has 0 saturated heterocycles. The van der Waals surface area contributed by atoms with Gasteiger partial charge in [-0.2, -0.15) is 0 Å². The zero-order chi connectivity index (χ0) is 18.3. The highest BCUT2D eigenvalue weighted by Crippen LogP contribution is 2.47. The van der Waals surface area contributed by atoms with Crippen LogP contribution in [-0.2, 0) is 10.9 Å². The third-order valence-corrected chi connectivity index (χ3v) is 8.05. The van der Waals surface area contributed by atoms with Gasteiger partial charge in [-0.3, -0.25) is 0 Å². The van der Waals surface area contributed by atoms with Gasteiger partial charge in [0, 0.05) is 17.0 Å². The second-order valence-electron chi connectivity index (χ2n) is 7.42. The summed E-state index contributed by atoms with van der Waals surface area (Å²) in [6.07, 6.45) is 1.22. The third-order valence-electron chi connectivity index (χ3n) is 5.43. The normalized spacial score (nSPS) is 18.3. The predicted octanol–water partition coefficient (Wildman–Crippen LogP) is 6.55. The van der Waals surface area contributed by atoms with Crippen molar-refractivity contribution >= 4 is 10.9 Å². The molecule has 1 heteroatoms. The summed E-state index contributed by atoms with van der Waals surface area (Å²) >= 11 is 0. The molecule has 0 nitrogen and oxygen atoms in total. The van der Waals surface area contributed by atoms with E-state index in [4.69, 9.17) is 0 Å². The molecule has 0 aromatic heterocycles. The maximum Gasteiger partial charge on any atom is 0.164 e. The molecule has 0 N–H and O–H groups in total. The fraction of sp³-hybridized carbons (Fsp3) is 0.280. The molecule has 0 saturated carbocycles. The van der Waals surface area contributed by atoms with E-state index in [0.29, 0.717) is 5.92 Å². The summed E-state index contributed by atoms with van der Waals surface area (Å²) in [5, 5.41) is 0. The largest absolute Gasteiger partial charge is 0.164 e. The van der Waals surface area contributed by atoms with Gasteiger partial charge in [0.05, 0.1) is 10.9 Å². The highest BCUT2D eigenvalue weighted by atomic mass is 32.2. The molecule has 132 valence electrons. The average Bonchev–Trinajstić information content (AvgIpc) is 2.63. The SMILES string of the molecule is CCC[S+]1c2ccccc2C(c2c(C)cc(C)cc2C)c2ccccc21. The average molecular weight is 360 g/mol. The summed E-state index contributed by atoms with van der Waals surface area (Å²) in [5.74, 6) is 1.59. The summed E-state index contributed by atoms with van der Waals surface area (Å²) in [4.78, 5) is 3.11. The molecule has 0 bridgehead atoms. The fourth-order valence-electron chi connectivity index (χ4n) is 4.55. The van der Waals surface area contributed by atoms with Crippen molar-refractivity contribution in [1.29, 1.82) is 0 Å². The molecule has 0 fully saturated rings. The minimum Gasteiger partial charge on any atom is -0.0616 e. The molecule has 3 aromatic carbocycles. The number of aryl methyl sites for hydroxylation is 3. The molecule has 0 atom stereocenters. The molecule has 4 rings (SSSR count). The smallest absolute Gasteiger partial charge is 0.0616 e. The molecular weight excluding hydrogens is 332 g/mol. The van der Waals surface area contributed by atoms with Crippen molar-refractivity contribution in [1.82, 2.24) is 0 Å². The fourth-order valence-corrected chi connectivity index (χ4v) is 7.07. The van der Waals surface area contributed by atoms with Gasteiger partial charge in [-0.05, 0) is 56.0 Å². The van der Waals surface area contributed by atoms with E-state index >= 15 is 0 Å². The standard InChI is InChI=1S/C25H27S/c1-5-14-26-22-12-8-6-10-20(22)25(21-11-7-9-13-23(21)26)24-18(3)15-17(2)16-19(24)4/h6-13,15-16,25H,5,14H2,1-4H3/q+1. The van der Waals surface area contributed by atoms with Gasteiger partial charge >= 0.3 is 0 Å². The molecule has 0 unspecified atom stereocenters. The van der Waals surface area contributed by atoms with E-state index in [2.05, 4.69) is 88.4 Å². The Kier molecular flexibility index (Phi) is 4.67. The number of hydrogen-bond donors (Lipinski definition) is 0. The zero-order valence-electron chi connectivity index (χ0n) is 16.2. The lowest BCUT2D eigenvalue weighted by Crippen LogP contribution is -2.23. The summed E-state index contributed by atoms with van der Waals surface area (Å²) in [5.41, 5.74) is 8.70. The van der Waals surface area contributed by atoms with Crippen LogP contribution in [0.25, 0.3) is 0 Å². The number of rotatable bonds is 3. The van der Waals surface area contributed by atoms with E-state index in [0.717, 1.165) is 0 Å². The quantitative estimate of drug-likeness (QED) is 0.465. The Morgan fingerprint density at radius 3 is 1.77 bits per heavy atom. The molecule has 3 aromatic rings. The number of benzene rings is 3. The monoisotopic (exact) mass is 359 g/mol. The highest BCUT2D eigenvalue weighted by Gasteiger charge is 2.40. The topological polar surface area (TPSA) is 0 Å². The minimum absolute atomic E-state index is 0.193. The van der Waals surface area contributed by atoms with Gasteiger partial charge in [-0.1, -0.05) is 61.0 Å². The van der Waals surface area contributed by atoms with Crippen LogP contribution in [0.3, 0.4) is 0 Å². The van der Waals surface area contributed by atoms with Gasteiger partial charge in [0.1, 0.15) is 5.75 Å². The zero-order valence-corrected chi connectivity index (χ0v) is 17.0. The first-order valence-electron chi connectivity index (χ1n) is 9.58. The molecule has 0 spiro atoms. The summed E-state index contributed by atoms with van der Waals surface area (Å²) in [6.45, 7) is 9.06. The van der Waals surface area contributed by atoms with Crippen molar-refractivity contribution in [2.75, 3.05) is 5.75 Å². The van der Waals surface area contributed by atoms with Crippen molar-refractivity contribution in [3.63, 3.8) is 0 Å². The van der Waals surface area contributed by atoms with Gasteiger partial charge in [-0.25, -0.2) is 0 Å². The van der Waals surface area contributed by atoms with Crippen molar-refractivity contribution in [3.05, 3.63) is 94.0 Å². The lowest BCUT2D eigenvalue weighted by atomic mass is 9.80. The van der Waals surface area contributed by atoms with Gasteiger partial charge in [-0.15, -0.1) is 0 Å². The molecule has 1 heterocycles. The molecule has 0 amide bonds. The molecule has 1 aliphatic heterocycles. The van der Waals surface area contributed by atoms with E-state index in [-0.39, 0.29) is 10.9 Å². The van der Waals surface area contributed by atoms with Gasteiger partial charge in [0.15, 0.2) is 9.79 Å². The Bertz CT molecular complexity index is 883. The molecule has 0 aliphatic carbocycles. The van der Waals surface area contributed by atoms with Crippen LogP contribution >= 0.6 is 0 Å². The van der Waals surface area contributed by atoms with Crippen LogP contribution in [0.2, 0.25) is 0 Å². The molecule has 0 radical (unpaired) electrons. The van der Waals surface area contributed by atoms with E-state index in [1.165, 1.54) is 45.6 Å². The van der Waals surface area contributed by atoms with Crippen molar-refractivity contribution in [3.8, 4) is 0 Å². The second kappa shape index (κ2) is 6.96. The van der Waals surface area contributed by atoms with Crippen LogP contribution in [0.5, 0.6) is 0 Å². The summed E-state index contributed by atoms with van der Waals surface area (Å²) < 4.78 is 0. The van der Waals surface area contributed by atoms with E-state index in [9.17, 15) is 0 Å². The van der Waals surface area contributed by atoms with E-state index < -0.39 is 0 Å². The van der Waals surface area contributed by atoms with Crippen LogP contribution in [-0.4, -0.2) is 5.75 Å². The van der Waals surface area contributed by atoms with Crippen LogP contribution < -0.4 is 0 Å². The first-order chi connectivity index (χ1) is 12.6. The van der Waals surface area contributed by atoms with E-state index in [1.807, 2.05) is 0 Å². The Morgan fingerprint density at radius 1 is 0.769 bits per heavy atom. The van der Waals surface area contributed by atoms with Crippen molar-refractivity contribution in [2.45, 2.75) is 49.8 Å². The Hall–Kier alpha value is -1.99. The molecule has 26 heavy (non-hydrogen) atoms. The molecule has 1 aliphatic rings. The Balaban J connectivity index is 2.02. The summed E-state index contributed by atoms with van der Waals surface area (Å²) in [6, 6.07) is 23.0.